The molecule has 2 aromatic carbocycles. The molecular formula is C43H54N2O14. The Balaban J connectivity index is 0.000000324. The zero-order chi connectivity index (χ0) is 44.0. The van der Waals surface area contributed by atoms with E-state index in [2.05, 4.69) is 5.32 Å². The highest BCUT2D eigenvalue weighted by Gasteiger charge is 2.27. The summed E-state index contributed by atoms with van der Waals surface area (Å²) >= 11 is 0. The molecule has 16 nitrogen and oxygen atoms in total. The van der Waals surface area contributed by atoms with Gasteiger partial charge in [-0.2, -0.15) is 0 Å². The van der Waals surface area contributed by atoms with Gasteiger partial charge in [0.1, 0.15) is 41.5 Å². The number of cyclic esters (lactones) is 2. The van der Waals surface area contributed by atoms with Crippen LogP contribution in [0.25, 0.3) is 12.2 Å². The molecule has 2 heterocycles. The Morgan fingerprint density at radius 1 is 0.678 bits per heavy atom. The number of carbonyl (C=O) groups excluding carboxylic acids is 5. The maximum absolute atomic E-state index is 13.1. The SMILES string of the molecule is COc1cc(N)c2c(c1)C=CC[C@H](O)[C@H](O)C(=O)/C=C\C[C@H](C)OC2=O.COc1cc2c(c(NC(=O)OC(C)(C)C)c1)C(=O)O[C@@H](C)C/C=C\C(=O)[C@@H](O)[C@@H](O)CC=C2. The Kier molecular flexibility index (Phi) is 17.6. The number of fused-ring (bicyclic) bond motifs is 2. The van der Waals surface area contributed by atoms with E-state index < -0.39 is 71.8 Å². The number of aliphatic hydroxyl groups is 4. The van der Waals surface area contributed by atoms with Crippen LogP contribution >= 0.6 is 0 Å². The molecule has 0 spiro atoms. The number of carbonyl (C=O) groups is 5. The first-order valence-corrected chi connectivity index (χ1v) is 18.8. The number of nitrogens with two attached hydrogens (primary N) is 1. The Labute approximate surface area is 342 Å². The van der Waals surface area contributed by atoms with Gasteiger partial charge in [-0.1, -0.05) is 36.5 Å². The Bertz CT molecular complexity index is 1960. The number of ketones is 2. The van der Waals surface area contributed by atoms with Crippen molar-refractivity contribution in [3.05, 3.63) is 83.0 Å². The van der Waals surface area contributed by atoms with Crippen molar-refractivity contribution in [3.63, 3.8) is 0 Å². The second kappa shape index (κ2) is 21.8. The lowest BCUT2D eigenvalue weighted by atomic mass is 10.0. The number of aliphatic hydroxyl groups excluding tert-OH is 4. The van der Waals surface area contributed by atoms with Crippen molar-refractivity contribution in [2.75, 3.05) is 25.3 Å². The number of methoxy groups -OCH3 is 2. The number of anilines is 2. The minimum atomic E-state index is -1.58. The van der Waals surface area contributed by atoms with Gasteiger partial charge in [-0.3, -0.25) is 14.9 Å². The van der Waals surface area contributed by atoms with Crippen molar-refractivity contribution < 1.29 is 68.1 Å². The molecule has 4 rings (SSSR count). The summed E-state index contributed by atoms with van der Waals surface area (Å²) in [6.45, 7) is 8.46. The molecule has 0 bridgehead atoms. The molecule has 2 aliphatic heterocycles. The molecule has 2 aliphatic rings. The van der Waals surface area contributed by atoms with E-state index in [0.29, 0.717) is 22.6 Å². The summed E-state index contributed by atoms with van der Waals surface area (Å²) in [5.41, 5.74) is 6.64. The first kappa shape index (κ1) is 47.6. The molecule has 0 aliphatic carbocycles. The molecule has 59 heavy (non-hydrogen) atoms. The average Bonchev–Trinajstić information content (AvgIpc) is 3.15. The van der Waals surface area contributed by atoms with Crippen molar-refractivity contribution in [2.45, 2.75) is 103 Å². The molecule has 0 unspecified atom stereocenters. The topological polar surface area (TPSA) is 250 Å². The Morgan fingerprint density at radius 2 is 1.10 bits per heavy atom. The quantitative estimate of drug-likeness (QED) is 0.139. The van der Waals surface area contributed by atoms with Crippen LogP contribution in [0.15, 0.2) is 60.7 Å². The van der Waals surface area contributed by atoms with Crippen molar-refractivity contribution in [3.8, 4) is 11.5 Å². The summed E-state index contributed by atoms with van der Waals surface area (Å²) in [6.07, 6.45) is 4.30. The van der Waals surface area contributed by atoms with Gasteiger partial charge in [-0.15, -0.1) is 0 Å². The second-order valence-corrected chi connectivity index (χ2v) is 14.8. The van der Waals surface area contributed by atoms with Crippen molar-refractivity contribution in [1.82, 2.24) is 0 Å². The summed E-state index contributed by atoms with van der Waals surface area (Å²) < 4.78 is 26.7. The van der Waals surface area contributed by atoms with E-state index in [0.717, 1.165) is 6.08 Å². The number of amides is 1. The molecule has 0 saturated carbocycles. The normalized spacial score (nSPS) is 24.3. The highest BCUT2D eigenvalue weighted by molar-refractivity contribution is 6.03. The summed E-state index contributed by atoms with van der Waals surface area (Å²) in [7, 11) is 2.91. The zero-order valence-corrected chi connectivity index (χ0v) is 34.2. The lowest BCUT2D eigenvalue weighted by Gasteiger charge is -2.22. The third-order valence-electron chi connectivity index (χ3n) is 8.61. The summed E-state index contributed by atoms with van der Waals surface area (Å²) in [5, 5.41) is 42.6. The average molecular weight is 823 g/mol. The molecule has 16 heteroatoms. The van der Waals surface area contributed by atoms with Gasteiger partial charge >= 0.3 is 18.0 Å². The molecular weight excluding hydrogens is 768 g/mol. The molecule has 0 fully saturated rings. The van der Waals surface area contributed by atoms with Gasteiger partial charge in [-0.05, 0) is 82.9 Å². The number of esters is 2. The summed E-state index contributed by atoms with van der Waals surface area (Å²) in [4.78, 5) is 61.8. The minimum Gasteiger partial charge on any atom is -0.497 e. The van der Waals surface area contributed by atoms with E-state index in [1.54, 1.807) is 58.9 Å². The lowest BCUT2D eigenvalue weighted by molar-refractivity contribution is -0.128. The maximum Gasteiger partial charge on any atom is 0.412 e. The maximum atomic E-state index is 13.1. The fourth-order valence-electron chi connectivity index (χ4n) is 5.60. The number of ether oxygens (including phenoxy) is 5. The molecule has 1 amide bonds. The van der Waals surface area contributed by atoms with E-state index in [-0.39, 0.29) is 48.2 Å². The van der Waals surface area contributed by atoms with E-state index in [9.17, 15) is 44.4 Å². The van der Waals surface area contributed by atoms with Crippen LogP contribution in [0, 0.1) is 0 Å². The van der Waals surface area contributed by atoms with E-state index in [1.165, 1.54) is 56.7 Å². The fraction of sp³-hybridized carbons (Fsp3) is 0.419. The first-order chi connectivity index (χ1) is 27.7. The third-order valence-corrected chi connectivity index (χ3v) is 8.61. The van der Waals surface area contributed by atoms with Gasteiger partial charge < -0.3 is 49.8 Å². The standard InChI is InChI=1S/C24H31NO8.C19H23NO6/c1-14-8-6-10-18(26)21(28)19(27)11-7-9-15-12-16(31-5)13-17(20(15)22(29)32-14)25-23(30)33-24(2,3)4;1-11-5-3-7-15(21)18(23)16(22)8-4-6-12-9-13(25-2)10-14(20)17(12)19(24)26-11/h6-7,9-10,12-14,19,21,27-28H,8,11H2,1-5H3,(H,25,30);3-4,6-7,9-11,16,18,22-23H,5,8,20H2,1-2H3/b9-7?,10-6-;6-4?,7-3-/t14-,19-,21+;11-,16-,18+/m00/s1. The number of rotatable bonds is 3. The predicted octanol–water partition coefficient (Wildman–Crippen LogP) is 4.72. The summed E-state index contributed by atoms with van der Waals surface area (Å²) in [5.74, 6) is -1.72. The van der Waals surface area contributed by atoms with Gasteiger partial charge in [0.15, 0.2) is 11.6 Å². The smallest absolute Gasteiger partial charge is 0.412 e. The number of benzene rings is 2. The van der Waals surface area contributed by atoms with Crippen LogP contribution in [0.2, 0.25) is 0 Å². The summed E-state index contributed by atoms with van der Waals surface area (Å²) in [6, 6.07) is 6.19. The van der Waals surface area contributed by atoms with E-state index in [1.807, 2.05) is 0 Å². The van der Waals surface area contributed by atoms with Crippen molar-refractivity contribution in [2.24, 2.45) is 0 Å². The highest BCUT2D eigenvalue weighted by atomic mass is 16.6. The minimum absolute atomic E-state index is 0.0166. The fourth-order valence-corrected chi connectivity index (χ4v) is 5.60. The van der Waals surface area contributed by atoms with Crippen LogP contribution in [0.3, 0.4) is 0 Å². The van der Waals surface area contributed by atoms with Gasteiger partial charge in [-0.25, -0.2) is 14.4 Å². The van der Waals surface area contributed by atoms with Crippen LogP contribution in [-0.4, -0.2) is 106 Å². The molecule has 0 aromatic heterocycles. The molecule has 320 valence electrons. The van der Waals surface area contributed by atoms with Crippen LogP contribution in [0.1, 0.15) is 92.1 Å². The van der Waals surface area contributed by atoms with E-state index >= 15 is 0 Å². The van der Waals surface area contributed by atoms with Gasteiger partial charge in [0.25, 0.3) is 0 Å². The Morgan fingerprint density at radius 3 is 1.56 bits per heavy atom. The molecule has 0 saturated heterocycles. The van der Waals surface area contributed by atoms with Crippen molar-refractivity contribution >= 4 is 53.1 Å². The van der Waals surface area contributed by atoms with Crippen molar-refractivity contribution in [1.29, 1.82) is 0 Å². The number of nitrogen functional groups attached to an aromatic ring is 1. The van der Waals surface area contributed by atoms with E-state index in [4.69, 9.17) is 29.4 Å². The van der Waals surface area contributed by atoms with Gasteiger partial charge in [0.2, 0.25) is 0 Å². The Hall–Kier alpha value is -5.81. The monoisotopic (exact) mass is 822 g/mol. The molecule has 6 atom stereocenters. The van der Waals surface area contributed by atoms with Gasteiger partial charge in [0.05, 0.1) is 48.9 Å². The molecule has 2 aromatic rings. The number of hydrogen-bond acceptors (Lipinski definition) is 15. The predicted molar refractivity (Wildman–Crippen MR) is 219 cm³/mol. The number of nitrogens with one attached hydrogen (secondary N) is 1. The van der Waals surface area contributed by atoms with Crippen LogP contribution in [-0.2, 0) is 23.8 Å². The number of hydrogen-bond donors (Lipinski definition) is 6. The second-order valence-electron chi connectivity index (χ2n) is 14.8. The molecule has 0 radical (unpaired) electrons. The largest absolute Gasteiger partial charge is 0.497 e. The third kappa shape index (κ3) is 14.5. The van der Waals surface area contributed by atoms with Gasteiger partial charge in [0, 0.05) is 25.0 Å². The molecule has 7 N–H and O–H groups in total. The lowest BCUT2D eigenvalue weighted by Crippen LogP contribution is -2.32. The van der Waals surface area contributed by atoms with Crippen LogP contribution in [0.4, 0.5) is 16.2 Å². The zero-order valence-electron chi connectivity index (χ0n) is 34.2. The first-order valence-electron chi connectivity index (χ1n) is 18.8. The van der Waals surface area contributed by atoms with Crippen LogP contribution in [0.5, 0.6) is 11.5 Å². The highest BCUT2D eigenvalue weighted by Crippen LogP contribution is 2.31. The van der Waals surface area contributed by atoms with Crippen LogP contribution < -0.4 is 20.5 Å².